The van der Waals surface area contributed by atoms with Crippen molar-refractivity contribution in [3.05, 3.63) is 12.2 Å². The Hall–Kier alpha value is -0.380. The highest BCUT2D eigenvalue weighted by Crippen LogP contribution is 2.72. The zero-order valence-electron chi connectivity index (χ0n) is 20.0. The van der Waals surface area contributed by atoms with Crippen molar-refractivity contribution >= 4 is 0 Å². The van der Waals surface area contributed by atoms with E-state index in [0.717, 1.165) is 30.6 Å². The zero-order valence-corrected chi connectivity index (χ0v) is 20.0. The summed E-state index contributed by atoms with van der Waals surface area (Å²) in [6.07, 6.45) is 16.4. The maximum Gasteiger partial charge on any atom is 0.130 e. The standard InChI is InChI=1S/C27H44O3/c1-18(2)7-6-8-19(3)21-9-10-22-24(21,4)13-12-23-25(5)14-11-20(28)17-26(25)15-16-27(22,23)30-29-26/h15-16,18-23,28H,6-14,17H2,1-5H3/t19-,20+,21-,22-,23-,24-,25-,26+,27+/m1/s1. The Labute approximate surface area is 183 Å². The van der Waals surface area contributed by atoms with Crippen LogP contribution in [0.4, 0.5) is 0 Å². The Morgan fingerprint density at radius 2 is 1.73 bits per heavy atom. The molecule has 6 rings (SSSR count). The van der Waals surface area contributed by atoms with E-state index in [0.29, 0.717) is 23.7 Å². The molecule has 0 aromatic rings. The maximum atomic E-state index is 10.4. The summed E-state index contributed by atoms with van der Waals surface area (Å²) in [4.78, 5) is 12.8. The molecule has 170 valence electrons. The second-order valence-corrected chi connectivity index (χ2v) is 12.7. The minimum atomic E-state index is -0.424. The summed E-state index contributed by atoms with van der Waals surface area (Å²) in [6, 6.07) is 0. The van der Waals surface area contributed by atoms with Crippen molar-refractivity contribution in [1.29, 1.82) is 0 Å². The van der Waals surface area contributed by atoms with Crippen molar-refractivity contribution in [2.75, 3.05) is 0 Å². The van der Waals surface area contributed by atoms with E-state index in [4.69, 9.17) is 9.78 Å². The van der Waals surface area contributed by atoms with E-state index < -0.39 is 5.60 Å². The van der Waals surface area contributed by atoms with Crippen LogP contribution in [0.2, 0.25) is 0 Å². The van der Waals surface area contributed by atoms with E-state index in [2.05, 4.69) is 46.8 Å². The normalized spacial score (nSPS) is 52.8. The van der Waals surface area contributed by atoms with E-state index in [1.165, 1.54) is 44.9 Å². The third-order valence-corrected chi connectivity index (χ3v) is 10.8. The Bertz CT molecular complexity index is 702. The van der Waals surface area contributed by atoms with Gasteiger partial charge in [0.25, 0.3) is 0 Å². The first-order valence-corrected chi connectivity index (χ1v) is 12.9. The monoisotopic (exact) mass is 416 g/mol. The second kappa shape index (κ2) is 7.06. The van der Waals surface area contributed by atoms with Gasteiger partial charge in [0.15, 0.2) is 0 Å². The molecule has 2 bridgehead atoms. The van der Waals surface area contributed by atoms with Crippen molar-refractivity contribution in [3.63, 3.8) is 0 Å². The molecule has 3 nitrogen and oxygen atoms in total. The largest absolute Gasteiger partial charge is 0.393 e. The molecule has 4 aliphatic carbocycles. The lowest BCUT2D eigenvalue weighted by molar-refractivity contribution is -0.497. The summed E-state index contributed by atoms with van der Waals surface area (Å²) in [5.74, 6) is 3.48. The van der Waals surface area contributed by atoms with Crippen LogP contribution in [0.25, 0.3) is 0 Å². The fourth-order valence-corrected chi connectivity index (χ4v) is 9.12. The minimum Gasteiger partial charge on any atom is -0.393 e. The molecule has 0 aromatic heterocycles. The van der Waals surface area contributed by atoms with Crippen LogP contribution in [0, 0.1) is 40.4 Å². The Kier molecular flexibility index (Phi) is 5.05. The van der Waals surface area contributed by atoms with Gasteiger partial charge in [-0.15, -0.1) is 0 Å². The molecule has 1 saturated heterocycles. The number of fused-ring (bicyclic) bond motifs is 2. The summed E-state index contributed by atoms with van der Waals surface area (Å²) in [7, 11) is 0. The molecule has 1 N–H and O–H groups in total. The van der Waals surface area contributed by atoms with Gasteiger partial charge in [-0.25, -0.2) is 9.78 Å². The first-order valence-electron chi connectivity index (χ1n) is 12.9. The topological polar surface area (TPSA) is 38.7 Å². The molecule has 9 atom stereocenters. The first kappa shape index (κ1) is 21.5. The van der Waals surface area contributed by atoms with Gasteiger partial charge in [0.05, 0.1) is 6.10 Å². The van der Waals surface area contributed by atoms with E-state index in [1.54, 1.807) is 0 Å². The summed E-state index contributed by atoms with van der Waals surface area (Å²) >= 11 is 0. The predicted octanol–water partition coefficient (Wildman–Crippen LogP) is 6.45. The van der Waals surface area contributed by atoms with Gasteiger partial charge in [-0.3, -0.25) is 0 Å². The number of aliphatic hydroxyl groups is 1. The minimum absolute atomic E-state index is 0.0848. The van der Waals surface area contributed by atoms with Gasteiger partial charge in [-0.2, -0.15) is 0 Å². The summed E-state index contributed by atoms with van der Waals surface area (Å²) < 4.78 is 0. The van der Waals surface area contributed by atoms with Crippen LogP contribution in [0.3, 0.4) is 0 Å². The number of aliphatic hydroxyl groups excluding tert-OH is 1. The molecule has 0 amide bonds. The summed E-state index contributed by atoms with van der Waals surface area (Å²) in [5, 5.41) is 10.4. The highest BCUT2D eigenvalue weighted by atomic mass is 17.2. The molecule has 0 radical (unpaired) electrons. The highest BCUT2D eigenvalue weighted by molar-refractivity contribution is 5.33. The molecule has 6 aliphatic rings. The fraction of sp³-hybridized carbons (Fsp3) is 0.926. The van der Waals surface area contributed by atoms with Gasteiger partial charge in [0.1, 0.15) is 11.2 Å². The molecular formula is C27H44O3. The zero-order chi connectivity index (χ0) is 21.4. The maximum absolute atomic E-state index is 10.4. The van der Waals surface area contributed by atoms with E-state index >= 15 is 0 Å². The van der Waals surface area contributed by atoms with E-state index in [9.17, 15) is 5.11 Å². The number of hydrogen-bond acceptors (Lipinski definition) is 3. The van der Waals surface area contributed by atoms with Crippen LogP contribution in [-0.4, -0.2) is 22.4 Å². The lowest BCUT2D eigenvalue weighted by Gasteiger charge is -2.69. The van der Waals surface area contributed by atoms with Crippen molar-refractivity contribution in [2.24, 2.45) is 40.4 Å². The van der Waals surface area contributed by atoms with Crippen molar-refractivity contribution in [3.8, 4) is 0 Å². The second-order valence-electron chi connectivity index (χ2n) is 12.7. The van der Waals surface area contributed by atoms with Crippen LogP contribution < -0.4 is 0 Å². The molecule has 0 unspecified atom stereocenters. The lowest BCUT2D eigenvalue weighted by Crippen LogP contribution is -2.73. The van der Waals surface area contributed by atoms with Crippen molar-refractivity contribution in [2.45, 2.75) is 116 Å². The highest BCUT2D eigenvalue weighted by Gasteiger charge is 2.74. The predicted molar refractivity (Wildman–Crippen MR) is 120 cm³/mol. The van der Waals surface area contributed by atoms with Crippen molar-refractivity contribution in [1.82, 2.24) is 0 Å². The fourth-order valence-electron chi connectivity index (χ4n) is 9.12. The van der Waals surface area contributed by atoms with Gasteiger partial charge >= 0.3 is 0 Å². The van der Waals surface area contributed by atoms with E-state index in [1.807, 2.05) is 0 Å². The Balaban J connectivity index is 1.42. The number of hydrogen-bond donors (Lipinski definition) is 1. The van der Waals surface area contributed by atoms with Crippen LogP contribution in [0.5, 0.6) is 0 Å². The number of rotatable bonds is 5. The smallest absolute Gasteiger partial charge is 0.130 e. The molecule has 2 aliphatic heterocycles. The van der Waals surface area contributed by atoms with Crippen LogP contribution >= 0.6 is 0 Å². The summed E-state index contributed by atoms with van der Waals surface area (Å²) in [6.45, 7) is 12.2. The van der Waals surface area contributed by atoms with Crippen LogP contribution in [0.1, 0.15) is 98.8 Å². The Morgan fingerprint density at radius 1 is 0.933 bits per heavy atom. The molecule has 3 saturated carbocycles. The van der Waals surface area contributed by atoms with Crippen molar-refractivity contribution < 1.29 is 14.9 Å². The quantitative estimate of drug-likeness (QED) is 0.413. The van der Waals surface area contributed by atoms with Gasteiger partial charge < -0.3 is 5.11 Å². The third-order valence-electron chi connectivity index (χ3n) is 10.8. The lowest BCUT2D eigenvalue weighted by atomic mass is 9.42. The SMILES string of the molecule is CC(C)CCC[C@@H](C)[C@H]1CC[C@@H]2[C@]1(C)CC[C@H]1[C@]23C=C[C@@]2(C[C@@H](O)CC[C@]12C)OO3. The molecule has 3 heteroatoms. The molecule has 2 heterocycles. The molecule has 2 spiro atoms. The molecular weight excluding hydrogens is 372 g/mol. The average molecular weight is 417 g/mol. The van der Waals surface area contributed by atoms with Crippen LogP contribution in [-0.2, 0) is 9.78 Å². The first-order chi connectivity index (χ1) is 14.2. The Morgan fingerprint density at radius 3 is 2.43 bits per heavy atom. The molecule has 4 fully saturated rings. The van der Waals surface area contributed by atoms with Crippen LogP contribution in [0.15, 0.2) is 12.2 Å². The van der Waals surface area contributed by atoms with E-state index in [-0.39, 0.29) is 17.1 Å². The average Bonchev–Trinajstić information content (AvgIpc) is 3.05. The van der Waals surface area contributed by atoms with Gasteiger partial charge in [-0.1, -0.05) is 60.0 Å². The summed E-state index contributed by atoms with van der Waals surface area (Å²) in [5.41, 5.74) is -0.240. The van der Waals surface area contributed by atoms with Gasteiger partial charge in [0.2, 0.25) is 0 Å². The molecule has 0 aromatic carbocycles. The molecule has 30 heavy (non-hydrogen) atoms. The van der Waals surface area contributed by atoms with Gasteiger partial charge in [-0.05, 0) is 67.8 Å². The van der Waals surface area contributed by atoms with Gasteiger partial charge in [0, 0.05) is 23.7 Å². The third kappa shape index (κ3) is 2.73.